The highest BCUT2D eigenvalue weighted by Gasteiger charge is 2.26. The summed E-state index contributed by atoms with van der Waals surface area (Å²) in [4.78, 5) is 2.58. The lowest BCUT2D eigenvalue weighted by Crippen LogP contribution is -2.42. The molecule has 0 aromatic carbocycles. The van der Waals surface area contributed by atoms with Gasteiger partial charge in [-0.3, -0.25) is 0 Å². The summed E-state index contributed by atoms with van der Waals surface area (Å²) in [6, 6.07) is 0.699. The first kappa shape index (κ1) is 15.3. The zero-order chi connectivity index (χ0) is 13.7. The highest BCUT2D eigenvalue weighted by Crippen LogP contribution is 2.31. The second-order valence-electron chi connectivity index (χ2n) is 6.90. The Kier molecular flexibility index (Phi) is 6.15. The summed E-state index contributed by atoms with van der Waals surface area (Å²) in [5, 5.41) is 0. The Bertz CT molecular complexity index is 238. The van der Waals surface area contributed by atoms with E-state index in [1.165, 1.54) is 64.5 Å². The Morgan fingerprint density at radius 2 is 1.53 bits per heavy atom. The van der Waals surface area contributed by atoms with Crippen molar-refractivity contribution in [2.24, 2.45) is 5.92 Å². The molecule has 0 atom stereocenters. The molecule has 1 heterocycles. The SMILES string of the molecule is CCCC1CCC(OC2CCN(C(C)C)CC2)CC1. The van der Waals surface area contributed by atoms with Crippen LogP contribution in [0.3, 0.4) is 0 Å². The monoisotopic (exact) mass is 267 g/mol. The van der Waals surface area contributed by atoms with Gasteiger partial charge >= 0.3 is 0 Å². The first-order valence-electron chi connectivity index (χ1n) is 8.58. The minimum atomic E-state index is 0.544. The van der Waals surface area contributed by atoms with Crippen molar-refractivity contribution in [3.8, 4) is 0 Å². The number of hydrogen-bond acceptors (Lipinski definition) is 2. The second kappa shape index (κ2) is 7.64. The molecule has 2 heteroatoms. The van der Waals surface area contributed by atoms with E-state index < -0.39 is 0 Å². The quantitative estimate of drug-likeness (QED) is 0.739. The summed E-state index contributed by atoms with van der Waals surface area (Å²) in [6.45, 7) is 9.37. The minimum absolute atomic E-state index is 0.544. The third kappa shape index (κ3) is 4.75. The van der Waals surface area contributed by atoms with Crippen LogP contribution in [0.25, 0.3) is 0 Å². The van der Waals surface area contributed by atoms with Gasteiger partial charge in [-0.1, -0.05) is 19.8 Å². The second-order valence-corrected chi connectivity index (χ2v) is 6.90. The average molecular weight is 267 g/mol. The van der Waals surface area contributed by atoms with Gasteiger partial charge in [-0.15, -0.1) is 0 Å². The molecular formula is C17H33NO. The highest BCUT2D eigenvalue weighted by atomic mass is 16.5. The van der Waals surface area contributed by atoms with Crippen LogP contribution in [-0.4, -0.2) is 36.2 Å². The Labute approximate surface area is 119 Å². The molecule has 0 radical (unpaired) electrons. The topological polar surface area (TPSA) is 12.5 Å². The van der Waals surface area contributed by atoms with Crippen molar-refractivity contribution >= 4 is 0 Å². The van der Waals surface area contributed by atoms with Crippen LogP contribution >= 0.6 is 0 Å². The van der Waals surface area contributed by atoms with E-state index in [0.717, 1.165) is 5.92 Å². The standard InChI is InChI=1S/C17H33NO/c1-4-5-15-6-8-16(9-7-15)19-17-10-12-18(13-11-17)14(2)3/h14-17H,4-13H2,1-3H3. The molecule has 2 fully saturated rings. The molecule has 0 amide bonds. The van der Waals surface area contributed by atoms with Crippen LogP contribution in [-0.2, 0) is 4.74 Å². The normalized spacial score (nSPS) is 30.9. The Morgan fingerprint density at radius 3 is 2.05 bits per heavy atom. The van der Waals surface area contributed by atoms with Gasteiger partial charge in [0.25, 0.3) is 0 Å². The maximum atomic E-state index is 6.36. The lowest BCUT2D eigenvalue weighted by atomic mass is 9.84. The Hall–Kier alpha value is -0.0800. The fraction of sp³-hybridized carbons (Fsp3) is 1.00. The molecule has 0 N–H and O–H groups in total. The van der Waals surface area contributed by atoms with Crippen LogP contribution in [0.15, 0.2) is 0 Å². The van der Waals surface area contributed by atoms with E-state index in [2.05, 4.69) is 25.7 Å². The first-order valence-corrected chi connectivity index (χ1v) is 8.58. The van der Waals surface area contributed by atoms with Crippen molar-refractivity contribution in [3.63, 3.8) is 0 Å². The summed E-state index contributed by atoms with van der Waals surface area (Å²) in [5.41, 5.74) is 0. The average Bonchev–Trinajstić information content (AvgIpc) is 2.42. The lowest BCUT2D eigenvalue weighted by Gasteiger charge is -2.37. The number of likely N-dealkylation sites (tertiary alicyclic amines) is 1. The van der Waals surface area contributed by atoms with E-state index in [9.17, 15) is 0 Å². The van der Waals surface area contributed by atoms with Crippen molar-refractivity contribution in [2.75, 3.05) is 13.1 Å². The molecule has 1 saturated heterocycles. The van der Waals surface area contributed by atoms with Crippen LogP contribution in [0.4, 0.5) is 0 Å². The molecule has 2 rings (SSSR count). The molecule has 112 valence electrons. The summed E-state index contributed by atoms with van der Waals surface area (Å²) < 4.78 is 6.36. The molecule has 2 nitrogen and oxygen atoms in total. The fourth-order valence-electron chi connectivity index (χ4n) is 3.77. The van der Waals surface area contributed by atoms with Gasteiger partial charge in [-0.2, -0.15) is 0 Å². The fourth-order valence-corrected chi connectivity index (χ4v) is 3.77. The molecule has 0 unspecified atom stereocenters. The van der Waals surface area contributed by atoms with E-state index in [1.807, 2.05) is 0 Å². The molecule has 0 aromatic heterocycles. The molecule has 0 bridgehead atoms. The molecule has 1 saturated carbocycles. The van der Waals surface area contributed by atoms with Crippen molar-refractivity contribution in [3.05, 3.63) is 0 Å². The lowest BCUT2D eigenvalue weighted by molar-refractivity contribution is -0.0638. The number of piperidine rings is 1. The van der Waals surface area contributed by atoms with Crippen LogP contribution in [0.2, 0.25) is 0 Å². The molecule has 1 aliphatic heterocycles. The number of nitrogens with zero attached hydrogens (tertiary/aromatic N) is 1. The smallest absolute Gasteiger partial charge is 0.0603 e. The van der Waals surface area contributed by atoms with Gasteiger partial charge in [0, 0.05) is 19.1 Å². The van der Waals surface area contributed by atoms with Crippen LogP contribution in [0.1, 0.15) is 72.1 Å². The first-order chi connectivity index (χ1) is 9.19. The third-order valence-electron chi connectivity index (χ3n) is 5.08. The Morgan fingerprint density at radius 1 is 0.947 bits per heavy atom. The van der Waals surface area contributed by atoms with Gasteiger partial charge in [0.2, 0.25) is 0 Å². The van der Waals surface area contributed by atoms with Crippen molar-refractivity contribution in [1.29, 1.82) is 0 Å². The minimum Gasteiger partial charge on any atom is -0.375 e. The molecule has 2 aliphatic rings. The van der Waals surface area contributed by atoms with Crippen LogP contribution in [0.5, 0.6) is 0 Å². The zero-order valence-electron chi connectivity index (χ0n) is 13.2. The van der Waals surface area contributed by atoms with Gasteiger partial charge < -0.3 is 9.64 Å². The van der Waals surface area contributed by atoms with Crippen molar-refractivity contribution < 1.29 is 4.74 Å². The van der Waals surface area contributed by atoms with Crippen molar-refractivity contribution in [2.45, 2.75) is 90.4 Å². The Balaban J connectivity index is 1.64. The largest absolute Gasteiger partial charge is 0.375 e. The third-order valence-corrected chi connectivity index (χ3v) is 5.08. The predicted molar refractivity (Wildman–Crippen MR) is 81.5 cm³/mol. The van der Waals surface area contributed by atoms with E-state index >= 15 is 0 Å². The molecule has 0 aromatic rings. The zero-order valence-corrected chi connectivity index (χ0v) is 13.2. The molecular weight excluding hydrogens is 234 g/mol. The van der Waals surface area contributed by atoms with Gasteiger partial charge in [0.15, 0.2) is 0 Å². The van der Waals surface area contributed by atoms with Crippen LogP contribution < -0.4 is 0 Å². The maximum Gasteiger partial charge on any atom is 0.0603 e. The molecule has 1 aliphatic carbocycles. The number of ether oxygens (including phenoxy) is 1. The van der Waals surface area contributed by atoms with Gasteiger partial charge in [0.05, 0.1) is 12.2 Å². The maximum absolute atomic E-state index is 6.36. The van der Waals surface area contributed by atoms with Gasteiger partial charge in [-0.05, 0) is 58.3 Å². The van der Waals surface area contributed by atoms with Crippen LogP contribution in [0, 0.1) is 5.92 Å². The summed E-state index contributed by atoms with van der Waals surface area (Å²) in [7, 11) is 0. The van der Waals surface area contributed by atoms with E-state index in [0.29, 0.717) is 18.2 Å². The molecule has 0 spiro atoms. The number of hydrogen-bond donors (Lipinski definition) is 0. The van der Waals surface area contributed by atoms with Gasteiger partial charge in [0.1, 0.15) is 0 Å². The van der Waals surface area contributed by atoms with E-state index in [-0.39, 0.29) is 0 Å². The van der Waals surface area contributed by atoms with E-state index in [4.69, 9.17) is 4.74 Å². The van der Waals surface area contributed by atoms with Crippen molar-refractivity contribution in [1.82, 2.24) is 4.90 Å². The predicted octanol–water partition coefficient (Wildman–Crippen LogP) is 4.23. The number of rotatable bonds is 5. The highest BCUT2D eigenvalue weighted by molar-refractivity contribution is 4.78. The van der Waals surface area contributed by atoms with E-state index in [1.54, 1.807) is 0 Å². The summed E-state index contributed by atoms with van der Waals surface area (Å²) >= 11 is 0. The summed E-state index contributed by atoms with van der Waals surface area (Å²) in [6.07, 6.45) is 11.8. The molecule has 19 heavy (non-hydrogen) atoms. The van der Waals surface area contributed by atoms with Gasteiger partial charge in [-0.25, -0.2) is 0 Å². The summed E-state index contributed by atoms with van der Waals surface area (Å²) in [5.74, 6) is 0.993.